The number of ether oxygens (including phenoxy) is 2. The third-order valence-electron chi connectivity index (χ3n) is 3.51. The van der Waals surface area contributed by atoms with Crippen LogP contribution in [0, 0.1) is 0 Å². The van der Waals surface area contributed by atoms with Crippen LogP contribution in [0.1, 0.15) is 5.56 Å². The quantitative estimate of drug-likeness (QED) is 0.946. The molecule has 0 fully saturated rings. The van der Waals surface area contributed by atoms with Gasteiger partial charge in [-0.3, -0.25) is 10.1 Å². The molecule has 3 rings (SSSR count). The molecule has 2 aromatic rings. The summed E-state index contributed by atoms with van der Waals surface area (Å²) in [5.74, 6) is 0.438. The van der Waals surface area contributed by atoms with E-state index in [-0.39, 0.29) is 19.1 Å². The van der Waals surface area contributed by atoms with Gasteiger partial charge in [0.1, 0.15) is 12.4 Å². The number of nitrogens with one attached hydrogen (secondary N) is 1. The smallest absolute Gasteiger partial charge is 0.411 e. The standard InChI is InChI=1S/C17H16N2O4/c1-19-14-8-7-13(9-15(14)22-11-16(19)20)18-17(21)23-10-12-5-3-2-4-6-12/h2-9H,10-11H2,1H3,(H,18,21). The van der Waals surface area contributed by atoms with E-state index < -0.39 is 6.09 Å². The Morgan fingerprint density at radius 2 is 2.04 bits per heavy atom. The van der Waals surface area contributed by atoms with Crippen LogP contribution < -0.4 is 15.0 Å². The van der Waals surface area contributed by atoms with Gasteiger partial charge in [0.05, 0.1) is 5.69 Å². The summed E-state index contributed by atoms with van der Waals surface area (Å²) in [6, 6.07) is 14.5. The molecule has 23 heavy (non-hydrogen) atoms. The summed E-state index contributed by atoms with van der Waals surface area (Å²) < 4.78 is 10.5. The van der Waals surface area contributed by atoms with Gasteiger partial charge in [-0.1, -0.05) is 30.3 Å². The van der Waals surface area contributed by atoms with Crippen molar-refractivity contribution >= 4 is 23.4 Å². The third kappa shape index (κ3) is 3.42. The number of carbonyl (C=O) groups is 2. The van der Waals surface area contributed by atoms with E-state index >= 15 is 0 Å². The normalized spacial score (nSPS) is 13.1. The van der Waals surface area contributed by atoms with Crippen molar-refractivity contribution in [3.05, 3.63) is 54.1 Å². The van der Waals surface area contributed by atoms with Gasteiger partial charge < -0.3 is 14.4 Å². The Morgan fingerprint density at radius 3 is 2.83 bits per heavy atom. The molecule has 2 aromatic carbocycles. The molecule has 0 atom stereocenters. The number of anilines is 2. The summed E-state index contributed by atoms with van der Waals surface area (Å²) in [5.41, 5.74) is 2.13. The fourth-order valence-electron chi connectivity index (χ4n) is 2.23. The predicted octanol–water partition coefficient (Wildman–Crippen LogP) is 2.79. The maximum atomic E-state index is 11.8. The molecule has 0 bridgehead atoms. The molecule has 1 heterocycles. The summed E-state index contributed by atoms with van der Waals surface area (Å²) in [5, 5.41) is 2.64. The average Bonchev–Trinajstić information content (AvgIpc) is 2.57. The fraction of sp³-hybridized carbons (Fsp3) is 0.176. The molecule has 118 valence electrons. The molecule has 1 aliphatic heterocycles. The zero-order chi connectivity index (χ0) is 16.2. The number of nitrogens with zero attached hydrogens (tertiary/aromatic N) is 1. The van der Waals surface area contributed by atoms with Gasteiger partial charge in [0.2, 0.25) is 0 Å². The Hall–Kier alpha value is -3.02. The molecule has 1 N–H and O–H groups in total. The van der Waals surface area contributed by atoms with E-state index in [0.717, 1.165) is 5.56 Å². The minimum atomic E-state index is -0.547. The minimum Gasteiger partial charge on any atom is -0.481 e. The SMILES string of the molecule is CN1C(=O)COc2cc(NC(=O)OCc3ccccc3)ccc21. The molecule has 2 amide bonds. The largest absolute Gasteiger partial charge is 0.481 e. The molecular weight excluding hydrogens is 296 g/mol. The van der Waals surface area contributed by atoms with Crippen LogP contribution in [0.25, 0.3) is 0 Å². The zero-order valence-corrected chi connectivity index (χ0v) is 12.6. The second kappa shape index (κ2) is 6.39. The van der Waals surface area contributed by atoms with Crippen LogP contribution >= 0.6 is 0 Å². The minimum absolute atomic E-state index is 0.00852. The number of benzene rings is 2. The summed E-state index contributed by atoms with van der Waals surface area (Å²) in [6.45, 7) is 0.191. The highest BCUT2D eigenvalue weighted by Gasteiger charge is 2.22. The summed E-state index contributed by atoms with van der Waals surface area (Å²) >= 11 is 0. The van der Waals surface area contributed by atoms with Gasteiger partial charge in [0.15, 0.2) is 6.61 Å². The van der Waals surface area contributed by atoms with Gasteiger partial charge in [0.25, 0.3) is 5.91 Å². The van der Waals surface area contributed by atoms with Crippen molar-refractivity contribution in [2.24, 2.45) is 0 Å². The second-order valence-corrected chi connectivity index (χ2v) is 5.11. The van der Waals surface area contributed by atoms with Gasteiger partial charge in [-0.2, -0.15) is 0 Å². The molecular formula is C17H16N2O4. The maximum absolute atomic E-state index is 11.8. The van der Waals surface area contributed by atoms with Crippen molar-refractivity contribution in [3.8, 4) is 5.75 Å². The molecule has 0 saturated carbocycles. The molecule has 6 nitrogen and oxygen atoms in total. The first-order valence-electron chi connectivity index (χ1n) is 7.14. The van der Waals surface area contributed by atoms with Gasteiger partial charge in [-0.05, 0) is 17.7 Å². The van der Waals surface area contributed by atoms with E-state index in [4.69, 9.17) is 9.47 Å². The molecule has 6 heteroatoms. The highest BCUT2D eigenvalue weighted by atomic mass is 16.5. The van der Waals surface area contributed by atoms with E-state index in [2.05, 4.69) is 5.32 Å². The number of amides is 2. The van der Waals surface area contributed by atoms with Crippen molar-refractivity contribution in [1.29, 1.82) is 0 Å². The topological polar surface area (TPSA) is 67.9 Å². The zero-order valence-electron chi connectivity index (χ0n) is 12.6. The Bertz CT molecular complexity index is 731. The number of carbonyl (C=O) groups excluding carboxylic acids is 2. The van der Waals surface area contributed by atoms with E-state index in [1.54, 1.807) is 25.2 Å². The number of rotatable bonds is 3. The Balaban J connectivity index is 1.62. The lowest BCUT2D eigenvalue weighted by molar-refractivity contribution is -0.120. The van der Waals surface area contributed by atoms with Crippen molar-refractivity contribution in [3.63, 3.8) is 0 Å². The van der Waals surface area contributed by atoms with Crippen molar-refractivity contribution in [2.75, 3.05) is 23.9 Å². The highest BCUT2D eigenvalue weighted by molar-refractivity contribution is 5.98. The number of likely N-dealkylation sites (N-methyl/N-ethyl adjacent to an activating group) is 1. The first kappa shape index (κ1) is 14.9. The average molecular weight is 312 g/mol. The lowest BCUT2D eigenvalue weighted by Crippen LogP contribution is -2.35. The maximum Gasteiger partial charge on any atom is 0.411 e. The van der Waals surface area contributed by atoms with E-state index in [9.17, 15) is 9.59 Å². The van der Waals surface area contributed by atoms with Gasteiger partial charge >= 0.3 is 6.09 Å². The van der Waals surface area contributed by atoms with Gasteiger partial charge in [-0.15, -0.1) is 0 Å². The monoisotopic (exact) mass is 312 g/mol. The molecule has 0 aromatic heterocycles. The van der Waals surface area contributed by atoms with Crippen molar-refractivity contribution in [2.45, 2.75) is 6.61 Å². The van der Waals surface area contributed by atoms with E-state index in [1.165, 1.54) is 4.90 Å². The molecule has 0 aliphatic carbocycles. The van der Waals surface area contributed by atoms with E-state index in [0.29, 0.717) is 17.1 Å². The molecule has 0 spiro atoms. The lowest BCUT2D eigenvalue weighted by atomic mass is 10.2. The molecule has 1 aliphatic rings. The second-order valence-electron chi connectivity index (χ2n) is 5.11. The molecule has 0 radical (unpaired) electrons. The molecule has 0 saturated heterocycles. The van der Waals surface area contributed by atoms with Crippen LogP contribution in [0.2, 0.25) is 0 Å². The van der Waals surface area contributed by atoms with Crippen LogP contribution in [-0.2, 0) is 16.1 Å². The van der Waals surface area contributed by atoms with Crippen LogP contribution in [-0.4, -0.2) is 25.7 Å². The summed E-state index contributed by atoms with van der Waals surface area (Å²) in [4.78, 5) is 24.9. The van der Waals surface area contributed by atoms with Crippen molar-refractivity contribution < 1.29 is 19.1 Å². The number of hydrogen-bond acceptors (Lipinski definition) is 4. The van der Waals surface area contributed by atoms with Gasteiger partial charge in [-0.25, -0.2) is 4.79 Å². The Labute approximate surface area is 133 Å². The predicted molar refractivity (Wildman–Crippen MR) is 85.6 cm³/mol. The van der Waals surface area contributed by atoms with Crippen LogP contribution in [0.15, 0.2) is 48.5 Å². The van der Waals surface area contributed by atoms with Crippen LogP contribution in [0.4, 0.5) is 16.2 Å². The summed E-state index contributed by atoms with van der Waals surface area (Å²) in [6.07, 6.45) is -0.547. The number of hydrogen-bond donors (Lipinski definition) is 1. The highest BCUT2D eigenvalue weighted by Crippen LogP contribution is 2.33. The summed E-state index contributed by atoms with van der Waals surface area (Å²) in [7, 11) is 1.69. The fourth-order valence-corrected chi connectivity index (χ4v) is 2.23. The van der Waals surface area contributed by atoms with Crippen molar-refractivity contribution in [1.82, 2.24) is 0 Å². The Kier molecular flexibility index (Phi) is 4.14. The number of fused-ring (bicyclic) bond motifs is 1. The first-order chi connectivity index (χ1) is 11.1. The van der Waals surface area contributed by atoms with Crippen LogP contribution in [0.5, 0.6) is 5.75 Å². The Morgan fingerprint density at radius 1 is 1.26 bits per heavy atom. The van der Waals surface area contributed by atoms with Gasteiger partial charge in [0, 0.05) is 18.8 Å². The third-order valence-corrected chi connectivity index (χ3v) is 3.51. The lowest BCUT2D eigenvalue weighted by Gasteiger charge is -2.26. The molecule has 0 unspecified atom stereocenters. The van der Waals surface area contributed by atoms with E-state index in [1.807, 2.05) is 30.3 Å². The van der Waals surface area contributed by atoms with Crippen LogP contribution in [0.3, 0.4) is 0 Å². The first-order valence-corrected chi connectivity index (χ1v) is 7.14.